The number of aryl methyl sites for hydroxylation is 2. The van der Waals surface area contributed by atoms with Crippen molar-refractivity contribution in [2.24, 2.45) is 0 Å². The summed E-state index contributed by atoms with van der Waals surface area (Å²) >= 11 is 0. The molecule has 4 heterocycles. The van der Waals surface area contributed by atoms with Gasteiger partial charge in [-0.1, -0.05) is 24.3 Å². The molecule has 0 saturated carbocycles. The summed E-state index contributed by atoms with van der Waals surface area (Å²) in [5, 5.41) is 23.6. The molecule has 0 bridgehead atoms. The molecule has 0 unspecified atom stereocenters. The van der Waals surface area contributed by atoms with Gasteiger partial charge in [-0.15, -0.1) is 0 Å². The number of carboxylic acid groups (broad SMARTS) is 1. The fourth-order valence-corrected chi connectivity index (χ4v) is 8.39. The summed E-state index contributed by atoms with van der Waals surface area (Å²) in [4.78, 5) is 74.1. The van der Waals surface area contributed by atoms with Gasteiger partial charge in [0, 0.05) is 59.7 Å². The Morgan fingerprint density at radius 3 is 1.42 bits per heavy atom. The smallest absolute Gasteiger partial charge is 0.335 e. The van der Waals surface area contributed by atoms with Crippen molar-refractivity contribution in [2.75, 3.05) is 80.1 Å². The van der Waals surface area contributed by atoms with Crippen molar-refractivity contribution in [1.82, 2.24) is 40.4 Å². The molecule has 2 aliphatic heterocycles. The van der Waals surface area contributed by atoms with E-state index >= 15 is 0 Å². The highest BCUT2D eigenvalue weighted by Crippen LogP contribution is 2.41. The number of rotatable bonds is 15. The van der Waals surface area contributed by atoms with Gasteiger partial charge >= 0.3 is 18.0 Å². The van der Waals surface area contributed by atoms with E-state index in [9.17, 15) is 46.2 Å². The highest BCUT2D eigenvalue weighted by atomic mass is 19.1. The van der Waals surface area contributed by atoms with Crippen molar-refractivity contribution >= 4 is 64.5 Å². The maximum Gasteiger partial charge on any atom is 0.335 e. The standard InChI is InChI=1S/C30H28F3N7O2.C24H24F2N6O3/c1-17-15-18(28(41)36-20-10-8-19(31)9-11-20)7-12-21(17)25-22-16-35-30(42)40(26-23(32)5-4-6-24(26)33)27(22)38-29(37-25)34-13-14-39(2)3;1-13-11-14(22(33)34)7-8-15(13)19-16-12-28-24(35)32(20-17(25)5-4-6-18(20)26)21(16)30-23(29-19)27-9-10-31(2)3/h4-12,15H,13-14,16H2,1-3H3,(H,35,42)(H,36,41)(H,34,37,38);4-8,11H,9-10,12H2,1-3H3,(H,28,35)(H,33,34)(H,27,29,30). The topological polar surface area (TPSA) is 213 Å². The number of nitrogens with one attached hydrogen (secondary N) is 5. The second kappa shape index (κ2) is 23.2. The first kappa shape index (κ1) is 54.2. The molecule has 9 rings (SSSR count). The number of urea groups is 2. The van der Waals surface area contributed by atoms with Crippen LogP contribution in [0.3, 0.4) is 0 Å². The van der Waals surface area contributed by atoms with Gasteiger partial charge in [0.05, 0.1) is 30.0 Å². The predicted molar refractivity (Wildman–Crippen MR) is 281 cm³/mol. The molecule has 0 aliphatic carbocycles. The summed E-state index contributed by atoms with van der Waals surface area (Å²) in [6, 6.07) is 20.2. The Kier molecular flexibility index (Phi) is 16.3. The van der Waals surface area contributed by atoms with Crippen molar-refractivity contribution in [2.45, 2.75) is 26.9 Å². The zero-order chi connectivity index (χ0) is 55.2. The maximum atomic E-state index is 14.9. The Bertz CT molecular complexity index is 3380. The predicted octanol–water partition coefficient (Wildman–Crippen LogP) is 9.22. The monoisotopic (exact) mass is 1060 g/mol. The Balaban J connectivity index is 0.000000207. The SMILES string of the molecule is Cc1cc(C(=O)Nc2ccc(F)cc2)ccc1-c1nc(NCCN(C)C)nc2c1CNC(=O)N2c1c(F)cccc1F.Cc1cc(C(=O)O)ccc1-c1nc(NCCN(C)C)nc2c1CNC(=O)N2c1c(F)cccc1F. The average Bonchev–Trinajstić information content (AvgIpc) is 3.41. The van der Waals surface area contributed by atoms with E-state index in [1.165, 1.54) is 48.5 Å². The molecule has 23 heteroatoms. The average molecular weight is 1060 g/mol. The summed E-state index contributed by atoms with van der Waals surface area (Å²) in [5.41, 5.74) is 4.09. The number of para-hydroxylation sites is 2. The molecule has 18 nitrogen and oxygen atoms in total. The highest BCUT2D eigenvalue weighted by Gasteiger charge is 2.36. The zero-order valence-corrected chi connectivity index (χ0v) is 42.5. The van der Waals surface area contributed by atoms with Crippen molar-refractivity contribution < 1.29 is 46.2 Å². The van der Waals surface area contributed by atoms with Gasteiger partial charge in [-0.2, -0.15) is 9.97 Å². The number of carboxylic acids is 1. The van der Waals surface area contributed by atoms with Crippen LogP contribution in [0.1, 0.15) is 43.0 Å². The minimum absolute atomic E-state index is 0.0142. The minimum Gasteiger partial charge on any atom is -0.478 e. The molecule has 77 heavy (non-hydrogen) atoms. The number of likely N-dealkylation sites (N-methyl/N-ethyl adjacent to an activating group) is 2. The second-order valence-electron chi connectivity index (χ2n) is 18.3. The Morgan fingerprint density at radius 2 is 1.01 bits per heavy atom. The lowest BCUT2D eigenvalue weighted by atomic mass is 9.98. The number of nitrogens with zero attached hydrogens (tertiary/aromatic N) is 8. The summed E-state index contributed by atoms with van der Waals surface area (Å²) in [5.74, 6) is -5.14. The van der Waals surface area contributed by atoms with Crippen LogP contribution < -0.4 is 36.4 Å². The number of aromatic carboxylic acids is 1. The number of carbonyl (C=O) groups is 4. The van der Waals surface area contributed by atoms with Crippen LogP contribution in [0.4, 0.5) is 72.1 Å². The van der Waals surface area contributed by atoms with Crippen LogP contribution in [-0.4, -0.2) is 113 Å². The summed E-state index contributed by atoms with van der Waals surface area (Å²) in [6.45, 7) is 5.83. The number of aromatic nitrogens is 4. The van der Waals surface area contributed by atoms with Crippen molar-refractivity contribution in [1.29, 1.82) is 0 Å². The van der Waals surface area contributed by atoms with E-state index in [0.717, 1.165) is 34.1 Å². The number of fused-ring (bicyclic) bond motifs is 2. The first-order valence-corrected chi connectivity index (χ1v) is 23.9. The number of benzene rings is 5. The van der Waals surface area contributed by atoms with Crippen molar-refractivity contribution in [3.05, 3.63) is 160 Å². The fourth-order valence-electron chi connectivity index (χ4n) is 8.39. The molecule has 5 aromatic carbocycles. The molecular weight excluding hydrogens is 1010 g/mol. The van der Waals surface area contributed by atoms with E-state index in [1.54, 1.807) is 38.1 Å². The lowest BCUT2D eigenvalue weighted by molar-refractivity contribution is 0.0696. The van der Waals surface area contributed by atoms with Gasteiger partial charge in [0.2, 0.25) is 11.9 Å². The third-order valence-electron chi connectivity index (χ3n) is 12.2. The first-order chi connectivity index (χ1) is 36.8. The van der Waals surface area contributed by atoms with Crippen LogP contribution in [0.2, 0.25) is 0 Å². The van der Waals surface area contributed by atoms with Gasteiger partial charge in [-0.05, 0) is 126 Å². The molecule has 6 N–H and O–H groups in total. The second-order valence-corrected chi connectivity index (χ2v) is 18.3. The molecule has 0 fully saturated rings. The Morgan fingerprint density at radius 1 is 0.597 bits per heavy atom. The van der Waals surface area contributed by atoms with Gasteiger partial charge in [-0.3, -0.25) is 4.79 Å². The Labute approximate surface area is 439 Å². The number of anilines is 7. The van der Waals surface area contributed by atoms with E-state index in [1.807, 2.05) is 38.0 Å². The van der Waals surface area contributed by atoms with E-state index in [2.05, 4.69) is 41.5 Å². The minimum atomic E-state index is -1.07. The Hall–Kier alpha value is -9.09. The molecule has 7 aromatic rings. The van der Waals surface area contributed by atoms with Crippen LogP contribution in [0, 0.1) is 42.9 Å². The molecule has 398 valence electrons. The van der Waals surface area contributed by atoms with E-state index in [-0.39, 0.29) is 48.1 Å². The fraction of sp³-hybridized carbons (Fsp3) is 0.222. The van der Waals surface area contributed by atoms with Crippen LogP contribution in [0.5, 0.6) is 0 Å². The molecular formula is C54H52F5N13O5. The normalized spacial score (nSPS) is 12.8. The lowest BCUT2D eigenvalue weighted by Gasteiger charge is -2.31. The molecule has 0 spiro atoms. The summed E-state index contributed by atoms with van der Waals surface area (Å²) in [6.07, 6.45) is 0. The molecule has 0 radical (unpaired) electrons. The largest absolute Gasteiger partial charge is 0.478 e. The van der Waals surface area contributed by atoms with Crippen LogP contribution in [0.15, 0.2) is 97.1 Å². The highest BCUT2D eigenvalue weighted by molar-refractivity contribution is 6.06. The van der Waals surface area contributed by atoms with Crippen LogP contribution >= 0.6 is 0 Å². The summed E-state index contributed by atoms with van der Waals surface area (Å²) < 4.78 is 72.5. The van der Waals surface area contributed by atoms with E-state index in [0.29, 0.717) is 82.2 Å². The third-order valence-corrected chi connectivity index (χ3v) is 12.2. The number of halogens is 5. The number of hydrogen-bond acceptors (Lipinski definition) is 12. The van der Waals surface area contributed by atoms with Crippen LogP contribution in [0.25, 0.3) is 22.5 Å². The summed E-state index contributed by atoms with van der Waals surface area (Å²) in [7, 11) is 7.62. The van der Waals surface area contributed by atoms with Crippen LogP contribution in [-0.2, 0) is 13.1 Å². The van der Waals surface area contributed by atoms with Gasteiger partial charge in [0.1, 0.15) is 40.5 Å². The van der Waals surface area contributed by atoms with Gasteiger partial charge < -0.3 is 41.5 Å². The zero-order valence-electron chi connectivity index (χ0n) is 42.5. The molecule has 0 atom stereocenters. The molecule has 0 saturated heterocycles. The van der Waals surface area contributed by atoms with E-state index < -0.39 is 58.5 Å². The number of amides is 5. The third kappa shape index (κ3) is 12.1. The molecule has 5 amide bonds. The molecule has 2 aliphatic rings. The number of carbonyl (C=O) groups excluding carboxylic acids is 3. The van der Waals surface area contributed by atoms with Crippen molar-refractivity contribution in [3.8, 4) is 22.5 Å². The number of hydrogen-bond donors (Lipinski definition) is 6. The lowest BCUT2D eigenvalue weighted by Crippen LogP contribution is -2.43. The first-order valence-electron chi connectivity index (χ1n) is 23.9. The van der Waals surface area contributed by atoms with Crippen molar-refractivity contribution in [3.63, 3.8) is 0 Å². The van der Waals surface area contributed by atoms with Gasteiger partial charge in [0.25, 0.3) is 5.91 Å². The van der Waals surface area contributed by atoms with E-state index in [4.69, 9.17) is 4.98 Å². The van der Waals surface area contributed by atoms with Gasteiger partial charge in [0.15, 0.2) is 11.6 Å². The maximum absolute atomic E-state index is 14.9. The van der Waals surface area contributed by atoms with Gasteiger partial charge in [-0.25, -0.2) is 56.1 Å². The molecule has 2 aromatic heterocycles. The quantitative estimate of drug-likeness (QED) is 0.0529.